The van der Waals surface area contributed by atoms with Gasteiger partial charge in [0.15, 0.2) is 22.4 Å². The van der Waals surface area contributed by atoms with E-state index in [2.05, 4.69) is 9.71 Å². The molecule has 2 aromatic carbocycles. The van der Waals surface area contributed by atoms with Crippen molar-refractivity contribution in [2.75, 3.05) is 6.61 Å². The number of ether oxygens (including phenoxy) is 3. The summed E-state index contributed by atoms with van der Waals surface area (Å²) < 4.78 is 72.6. The number of aromatic nitrogens is 1. The summed E-state index contributed by atoms with van der Waals surface area (Å²) in [4.78, 5) is 31.0. The summed E-state index contributed by atoms with van der Waals surface area (Å²) in [6.07, 6.45) is 4.04. The molecule has 1 heterocycles. The van der Waals surface area contributed by atoms with Gasteiger partial charge >= 0.3 is 6.61 Å². The van der Waals surface area contributed by atoms with Crippen molar-refractivity contribution < 1.29 is 41.0 Å². The van der Waals surface area contributed by atoms with Gasteiger partial charge in [-0.05, 0) is 74.4 Å². The standard InChI is InChI=1S/C36H42Cl2F2N2O7S2/c1-5-6-12-30(33(44)34(36(3,4)50-22(2)43)42-51(45,46)25-10-8-7-9-11-25)48-31(18-26-27(37)19-41-20-28(26)38)24-15-16-29(49-35(39)40)32(17-24)47-21-23-13-14-23/h7-11,15-17,19-20,23,30-31,34-35,42H,5-6,12-14,18,21H2,1-4H3. The van der Waals surface area contributed by atoms with Gasteiger partial charge < -0.3 is 14.2 Å². The van der Waals surface area contributed by atoms with Crippen LogP contribution in [0.15, 0.2) is 65.8 Å². The Balaban J connectivity index is 1.79. The van der Waals surface area contributed by atoms with Crippen LogP contribution < -0.4 is 14.2 Å². The molecule has 0 amide bonds. The van der Waals surface area contributed by atoms with Crippen LogP contribution in [-0.4, -0.2) is 54.4 Å². The highest BCUT2D eigenvalue weighted by molar-refractivity contribution is 8.14. The monoisotopic (exact) mass is 786 g/mol. The normalized spacial score (nSPS) is 15.3. The van der Waals surface area contributed by atoms with Crippen molar-refractivity contribution in [1.29, 1.82) is 0 Å². The van der Waals surface area contributed by atoms with E-state index in [4.69, 9.17) is 37.4 Å². The van der Waals surface area contributed by atoms with Gasteiger partial charge in [0.2, 0.25) is 10.0 Å². The summed E-state index contributed by atoms with van der Waals surface area (Å²) in [5, 5.41) is 0.165. The average molecular weight is 788 g/mol. The maximum absolute atomic E-state index is 14.7. The van der Waals surface area contributed by atoms with E-state index in [0.717, 1.165) is 24.6 Å². The van der Waals surface area contributed by atoms with Crippen molar-refractivity contribution in [3.63, 3.8) is 0 Å². The molecule has 0 saturated heterocycles. The van der Waals surface area contributed by atoms with Crippen LogP contribution >= 0.6 is 35.0 Å². The van der Waals surface area contributed by atoms with E-state index in [-0.39, 0.29) is 44.4 Å². The molecule has 4 rings (SSSR count). The highest BCUT2D eigenvalue weighted by Gasteiger charge is 2.43. The lowest BCUT2D eigenvalue weighted by atomic mass is 9.93. The number of halogens is 4. The van der Waals surface area contributed by atoms with E-state index in [9.17, 15) is 26.8 Å². The Kier molecular flexibility index (Phi) is 14.7. The number of benzene rings is 2. The lowest BCUT2D eigenvalue weighted by Gasteiger charge is -2.35. The molecule has 9 nitrogen and oxygen atoms in total. The van der Waals surface area contributed by atoms with Gasteiger partial charge in [-0.15, -0.1) is 0 Å². The maximum Gasteiger partial charge on any atom is 0.387 e. The van der Waals surface area contributed by atoms with Gasteiger partial charge in [0, 0.05) is 30.5 Å². The van der Waals surface area contributed by atoms with Gasteiger partial charge in [0.1, 0.15) is 6.10 Å². The minimum Gasteiger partial charge on any atom is -0.489 e. The first-order valence-electron chi connectivity index (χ1n) is 16.6. The summed E-state index contributed by atoms with van der Waals surface area (Å²) in [7, 11) is -4.23. The average Bonchev–Trinajstić information content (AvgIpc) is 3.90. The van der Waals surface area contributed by atoms with Crippen molar-refractivity contribution in [2.45, 2.75) is 101 Å². The summed E-state index contributed by atoms with van der Waals surface area (Å²) in [5.41, 5.74) is 0.904. The first-order valence-corrected chi connectivity index (χ1v) is 19.6. The zero-order valence-electron chi connectivity index (χ0n) is 28.7. The molecule has 1 aliphatic carbocycles. The number of hydrogen-bond acceptors (Lipinski definition) is 9. The largest absolute Gasteiger partial charge is 0.489 e. The van der Waals surface area contributed by atoms with Gasteiger partial charge in [-0.3, -0.25) is 14.6 Å². The van der Waals surface area contributed by atoms with Crippen LogP contribution in [0.1, 0.15) is 77.0 Å². The molecule has 0 spiro atoms. The van der Waals surface area contributed by atoms with Crippen molar-refractivity contribution >= 4 is 55.9 Å². The van der Waals surface area contributed by atoms with Crippen LogP contribution in [0, 0.1) is 5.92 Å². The minimum atomic E-state index is -4.23. The van der Waals surface area contributed by atoms with Crippen LogP contribution in [0.5, 0.6) is 11.5 Å². The zero-order chi connectivity index (χ0) is 37.3. The number of pyridine rings is 1. The van der Waals surface area contributed by atoms with Gasteiger partial charge in [-0.2, -0.15) is 13.5 Å². The number of nitrogens with one attached hydrogen (secondary N) is 1. The van der Waals surface area contributed by atoms with Crippen LogP contribution in [0.4, 0.5) is 8.78 Å². The Morgan fingerprint density at radius 1 is 1.06 bits per heavy atom. The fourth-order valence-electron chi connectivity index (χ4n) is 5.43. The van der Waals surface area contributed by atoms with E-state index >= 15 is 0 Å². The fraction of sp³-hybridized carbons (Fsp3) is 0.472. The predicted molar refractivity (Wildman–Crippen MR) is 194 cm³/mol. The molecule has 0 aliphatic heterocycles. The summed E-state index contributed by atoms with van der Waals surface area (Å²) in [6.45, 7) is 3.72. The number of carbonyl (C=O) groups is 2. The third kappa shape index (κ3) is 11.8. The molecule has 15 heteroatoms. The van der Waals surface area contributed by atoms with E-state index in [1.165, 1.54) is 49.6 Å². The molecule has 1 N–H and O–H groups in total. The molecule has 3 aromatic rings. The first kappa shape index (κ1) is 41.0. The number of hydrogen-bond donors (Lipinski definition) is 1. The number of alkyl halides is 2. The molecule has 0 radical (unpaired) electrons. The number of sulfonamides is 1. The molecule has 0 bridgehead atoms. The SMILES string of the molecule is CCCCC(OC(Cc1c(Cl)cncc1Cl)c1ccc(OC(F)F)c(OCC2CC2)c1)C(=O)C(NS(=O)(=O)c1ccccc1)C(C)(C)SC(C)=O. The van der Waals surface area contributed by atoms with Gasteiger partial charge in [-0.1, -0.05) is 79.0 Å². The minimum absolute atomic E-state index is 0.0270. The van der Waals surface area contributed by atoms with Gasteiger partial charge in [0.05, 0.1) is 33.7 Å². The number of unbranched alkanes of at least 4 members (excludes halogenated alkanes) is 1. The molecule has 1 aromatic heterocycles. The Bertz CT molecular complexity index is 1740. The van der Waals surface area contributed by atoms with E-state index in [0.29, 0.717) is 36.5 Å². The summed E-state index contributed by atoms with van der Waals surface area (Å²) >= 11 is 13.9. The number of Topliss-reactive ketones (excluding diaryl/α,β-unsaturated/α-hetero) is 1. The molecule has 3 atom stereocenters. The zero-order valence-corrected chi connectivity index (χ0v) is 31.9. The maximum atomic E-state index is 14.7. The Hall–Kier alpha value is -2.81. The quantitative estimate of drug-likeness (QED) is 0.120. The number of thioether (sulfide) groups is 1. The van der Waals surface area contributed by atoms with Crippen molar-refractivity contribution in [2.24, 2.45) is 5.92 Å². The number of nitrogens with zero attached hydrogens (tertiary/aromatic N) is 1. The Morgan fingerprint density at radius 3 is 2.31 bits per heavy atom. The van der Waals surface area contributed by atoms with Crippen molar-refractivity contribution in [1.82, 2.24) is 9.71 Å². The van der Waals surface area contributed by atoms with E-state index in [1.54, 1.807) is 32.0 Å². The topological polar surface area (TPSA) is 121 Å². The number of ketones is 1. The van der Waals surface area contributed by atoms with Crippen molar-refractivity contribution in [3.05, 3.63) is 82.1 Å². The lowest BCUT2D eigenvalue weighted by molar-refractivity contribution is -0.137. The molecule has 3 unspecified atom stereocenters. The number of rotatable bonds is 20. The second kappa shape index (κ2) is 18.3. The Morgan fingerprint density at radius 2 is 1.73 bits per heavy atom. The molecular formula is C36H42Cl2F2N2O7S2. The second-order valence-corrected chi connectivity index (χ2v) is 17.2. The van der Waals surface area contributed by atoms with Crippen LogP contribution in [0.2, 0.25) is 10.0 Å². The molecule has 1 aliphatic rings. The van der Waals surface area contributed by atoms with E-state index < -0.39 is 45.4 Å². The highest BCUT2D eigenvalue weighted by atomic mass is 35.5. The van der Waals surface area contributed by atoms with Crippen LogP contribution in [0.25, 0.3) is 0 Å². The Labute approximate surface area is 312 Å². The molecule has 278 valence electrons. The predicted octanol–water partition coefficient (Wildman–Crippen LogP) is 8.61. The van der Waals surface area contributed by atoms with Crippen LogP contribution in [0.3, 0.4) is 0 Å². The molecule has 1 saturated carbocycles. The lowest BCUT2D eigenvalue weighted by Crippen LogP contribution is -2.56. The fourth-order valence-corrected chi connectivity index (χ4v) is 8.43. The second-order valence-electron chi connectivity index (χ2n) is 12.8. The van der Waals surface area contributed by atoms with Crippen LogP contribution in [-0.2, 0) is 30.8 Å². The molecular weight excluding hydrogens is 745 g/mol. The van der Waals surface area contributed by atoms with Crippen molar-refractivity contribution in [3.8, 4) is 11.5 Å². The summed E-state index contributed by atoms with van der Waals surface area (Å²) in [6, 6.07) is 10.6. The van der Waals surface area contributed by atoms with Gasteiger partial charge in [-0.25, -0.2) is 8.42 Å². The number of carbonyl (C=O) groups excluding carboxylic acids is 2. The van der Waals surface area contributed by atoms with E-state index in [1.807, 2.05) is 6.92 Å². The molecule has 51 heavy (non-hydrogen) atoms. The smallest absolute Gasteiger partial charge is 0.387 e. The van der Waals surface area contributed by atoms with Gasteiger partial charge in [0.25, 0.3) is 0 Å². The first-order chi connectivity index (χ1) is 24.1. The molecule has 1 fully saturated rings. The third-order valence-electron chi connectivity index (χ3n) is 8.25. The highest BCUT2D eigenvalue weighted by Crippen LogP contribution is 2.39. The third-order valence-corrected chi connectivity index (χ3v) is 11.4. The summed E-state index contributed by atoms with van der Waals surface area (Å²) in [5.74, 6) is -0.380.